The van der Waals surface area contributed by atoms with E-state index >= 15 is 0 Å². The number of rotatable bonds is 6. The first-order chi connectivity index (χ1) is 10.1. The van der Waals surface area contributed by atoms with E-state index in [1.54, 1.807) is 0 Å². The predicted molar refractivity (Wildman–Crippen MR) is 92.0 cm³/mol. The van der Waals surface area contributed by atoms with Gasteiger partial charge in [-0.25, -0.2) is 0 Å². The Morgan fingerprint density at radius 1 is 1.19 bits per heavy atom. The van der Waals surface area contributed by atoms with E-state index in [-0.39, 0.29) is 11.6 Å². The molecular formula is C18H29ClN2. The number of likely N-dealkylation sites (N-methyl/N-ethyl adjacent to an activating group) is 1. The second-order valence-electron chi connectivity index (χ2n) is 6.27. The smallest absolute Gasteiger partial charge is 0.0519 e. The van der Waals surface area contributed by atoms with Crippen LogP contribution in [0.4, 0.5) is 0 Å². The van der Waals surface area contributed by atoms with Crippen molar-refractivity contribution in [2.24, 2.45) is 0 Å². The third-order valence-corrected chi connectivity index (χ3v) is 5.38. The average Bonchev–Trinajstić information content (AvgIpc) is 2.53. The molecule has 1 heterocycles. The minimum atomic E-state index is 0.113. The van der Waals surface area contributed by atoms with Crippen molar-refractivity contribution in [3.8, 4) is 0 Å². The van der Waals surface area contributed by atoms with Crippen LogP contribution in [0.3, 0.4) is 0 Å². The Balaban J connectivity index is 2.35. The quantitative estimate of drug-likeness (QED) is 0.823. The normalized spacial score (nSPS) is 21.0. The molecule has 0 bridgehead atoms. The van der Waals surface area contributed by atoms with Crippen LogP contribution in [0.25, 0.3) is 0 Å². The van der Waals surface area contributed by atoms with E-state index in [0.717, 1.165) is 18.0 Å². The van der Waals surface area contributed by atoms with E-state index in [2.05, 4.69) is 43.1 Å². The molecule has 1 aliphatic rings. The fourth-order valence-corrected chi connectivity index (χ4v) is 3.84. The van der Waals surface area contributed by atoms with Crippen molar-refractivity contribution < 1.29 is 0 Å². The zero-order chi connectivity index (χ0) is 15.3. The minimum Gasteiger partial charge on any atom is -0.309 e. The number of halogens is 1. The van der Waals surface area contributed by atoms with Crippen molar-refractivity contribution >= 4 is 11.6 Å². The first-order valence-corrected chi connectivity index (χ1v) is 8.74. The van der Waals surface area contributed by atoms with Gasteiger partial charge in [-0.15, -0.1) is 0 Å². The third kappa shape index (κ3) is 3.61. The molecule has 2 unspecified atom stereocenters. The fraction of sp³-hybridized carbons (Fsp3) is 0.667. The van der Waals surface area contributed by atoms with Crippen molar-refractivity contribution in [2.45, 2.75) is 58.0 Å². The fourth-order valence-electron chi connectivity index (χ4n) is 3.59. The molecule has 0 aromatic heterocycles. The van der Waals surface area contributed by atoms with Gasteiger partial charge >= 0.3 is 0 Å². The zero-order valence-electron chi connectivity index (χ0n) is 13.7. The Bertz CT molecular complexity index is 443. The predicted octanol–water partition coefficient (Wildman–Crippen LogP) is 4.65. The lowest BCUT2D eigenvalue weighted by molar-refractivity contribution is 0.0429. The van der Waals surface area contributed by atoms with Crippen LogP contribution in [0, 0.1) is 0 Å². The van der Waals surface area contributed by atoms with Gasteiger partial charge in [0.2, 0.25) is 0 Å². The van der Waals surface area contributed by atoms with Gasteiger partial charge in [0.25, 0.3) is 0 Å². The maximum absolute atomic E-state index is 6.50. The topological polar surface area (TPSA) is 15.3 Å². The highest BCUT2D eigenvalue weighted by atomic mass is 35.5. The molecule has 1 saturated heterocycles. The van der Waals surface area contributed by atoms with Crippen LogP contribution in [0.5, 0.6) is 0 Å². The van der Waals surface area contributed by atoms with Gasteiger partial charge in [-0.1, -0.05) is 50.1 Å². The van der Waals surface area contributed by atoms with Gasteiger partial charge in [0.05, 0.1) is 6.04 Å². The molecule has 0 saturated carbocycles. The van der Waals surface area contributed by atoms with Crippen LogP contribution in [0.1, 0.15) is 58.1 Å². The summed E-state index contributed by atoms with van der Waals surface area (Å²) >= 11 is 6.50. The number of hydrogen-bond donors (Lipinski definition) is 1. The summed E-state index contributed by atoms with van der Waals surface area (Å²) in [5.41, 5.74) is 1.34. The summed E-state index contributed by atoms with van der Waals surface area (Å²) < 4.78 is 0. The van der Waals surface area contributed by atoms with E-state index in [1.165, 1.54) is 37.9 Å². The maximum Gasteiger partial charge on any atom is 0.0519 e. The Hall–Kier alpha value is -0.570. The van der Waals surface area contributed by atoms with Gasteiger partial charge in [0, 0.05) is 10.6 Å². The summed E-state index contributed by atoms with van der Waals surface area (Å²) in [4.78, 5) is 2.67. The number of nitrogens with one attached hydrogen (secondary N) is 1. The molecule has 1 fully saturated rings. The monoisotopic (exact) mass is 308 g/mol. The first kappa shape index (κ1) is 16.8. The average molecular weight is 309 g/mol. The molecule has 1 aromatic rings. The van der Waals surface area contributed by atoms with Crippen molar-refractivity contribution in [1.29, 1.82) is 0 Å². The number of benzene rings is 1. The van der Waals surface area contributed by atoms with Crippen LogP contribution in [-0.4, -0.2) is 30.1 Å². The molecular weight excluding hydrogens is 280 g/mol. The first-order valence-electron chi connectivity index (χ1n) is 8.36. The van der Waals surface area contributed by atoms with E-state index in [0.29, 0.717) is 0 Å². The van der Waals surface area contributed by atoms with E-state index in [4.69, 9.17) is 11.6 Å². The van der Waals surface area contributed by atoms with Gasteiger partial charge in [-0.3, -0.25) is 4.90 Å². The molecule has 3 heteroatoms. The highest BCUT2D eigenvalue weighted by molar-refractivity contribution is 6.31. The number of piperidine rings is 1. The molecule has 1 aromatic carbocycles. The second kappa shape index (κ2) is 7.62. The Morgan fingerprint density at radius 3 is 2.43 bits per heavy atom. The number of nitrogens with zero attached hydrogens (tertiary/aromatic N) is 1. The molecule has 0 aliphatic carbocycles. The van der Waals surface area contributed by atoms with Gasteiger partial charge < -0.3 is 5.32 Å². The van der Waals surface area contributed by atoms with Crippen LogP contribution < -0.4 is 5.32 Å². The van der Waals surface area contributed by atoms with Crippen molar-refractivity contribution in [3.05, 3.63) is 34.9 Å². The summed E-state index contributed by atoms with van der Waals surface area (Å²) in [6, 6.07) is 8.57. The van der Waals surface area contributed by atoms with Crippen molar-refractivity contribution in [1.82, 2.24) is 10.2 Å². The Labute approximate surface area is 134 Å². The van der Waals surface area contributed by atoms with Crippen LogP contribution in [0.15, 0.2) is 24.3 Å². The Morgan fingerprint density at radius 2 is 1.86 bits per heavy atom. The van der Waals surface area contributed by atoms with Crippen molar-refractivity contribution in [2.75, 3.05) is 19.6 Å². The molecule has 1 N–H and O–H groups in total. The largest absolute Gasteiger partial charge is 0.309 e. The lowest BCUT2D eigenvalue weighted by atomic mass is 9.81. The van der Waals surface area contributed by atoms with E-state index in [1.807, 2.05) is 12.1 Å². The number of hydrogen-bond acceptors (Lipinski definition) is 2. The highest BCUT2D eigenvalue weighted by Gasteiger charge is 2.39. The number of likely N-dealkylation sites (tertiary alicyclic amines) is 1. The minimum absolute atomic E-state index is 0.113. The summed E-state index contributed by atoms with van der Waals surface area (Å²) in [5, 5.41) is 4.58. The maximum atomic E-state index is 6.50. The molecule has 0 radical (unpaired) electrons. The van der Waals surface area contributed by atoms with Gasteiger partial charge in [0.15, 0.2) is 0 Å². The zero-order valence-corrected chi connectivity index (χ0v) is 14.4. The lowest BCUT2D eigenvalue weighted by Gasteiger charge is -2.48. The van der Waals surface area contributed by atoms with Crippen LogP contribution in [-0.2, 0) is 0 Å². The molecule has 118 valence electrons. The second-order valence-corrected chi connectivity index (χ2v) is 6.68. The SMILES string of the molecule is CCNC(c1ccccc1Cl)C(C)(CC)N1CCCCC1. The van der Waals surface area contributed by atoms with Crippen molar-refractivity contribution in [3.63, 3.8) is 0 Å². The summed E-state index contributed by atoms with van der Waals surface area (Å²) in [6.07, 6.45) is 5.12. The molecule has 2 rings (SSSR count). The molecule has 1 aliphatic heterocycles. The highest BCUT2D eigenvalue weighted by Crippen LogP contribution is 2.38. The Kier molecular flexibility index (Phi) is 6.09. The van der Waals surface area contributed by atoms with Crippen LogP contribution >= 0.6 is 11.6 Å². The summed E-state index contributed by atoms with van der Waals surface area (Å²) in [7, 11) is 0. The van der Waals surface area contributed by atoms with Gasteiger partial charge in [-0.05, 0) is 57.5 Å². The third-order valence-electron chi connectivity index (χ3n) is 5.04. The van der Waals surface area contributed by atoms with Gasteiger partial charge in [0.1, 0.15) is 0 Å². The summed E-state index contributed by atoms with van der Waals surface area (Å²) in [6.45, 7) is 10.2. The molecule has 2 atom stereocenters. The lowest BCUT2D eigenvalue weighted by Crippen LogP contribution is -2.56. The standard InChI is InChI=1S/C18H29ClN2/c1-4-18(3,21-13-9-6-10-14-21)17(20-5-2)15-11-7-8-12-16(15)19/h7-8,11-12,17,20H,4-6,9-10,13-14H2,1-3H3. The molecule has 21 heavy (non-hydrogen) atoms. The summed E-state index contributed by atoms with van der Waals surface area (Å²) in [5.74, 6) is 0. The van der Waals surface area contributed by atoms with Crippen LogP contribution in [0.2, 0.25) is 5.02 Å². The molecule has 2 nitrogen and oxygen atoms in total. The van der Waals surface area contributed by atoms with Gasteiger partial charge in [-0.2, -0.15) is 0 Å². The van der Waals surface area contributed by atoms with E-state index in [9.17, 15) is 0 Å². The molecule has 0 spiro atoms. The molecule has 0 amide bonds. The van der Waals surface area contributed by atoms with E-state index < -0.39 is 0 Å².